The summed E-state index contributed by atoms with van der Waals surface area (Å²) in [6.45, 7) is 6.67. The predicted octanol–water partition coefficient (Wildman–Crippen LogP) is 1.84. The lowest BCUT2D eigenvalue weighted by Gasteiger charge is -2.32. The van der Waals surface area contributed by atoms with Crippen molar-refractivity contribution in [1.82, 2.24) is 15.2 Å². The quantitative estimate of drug-likeness (QED) is 0.875. The van der Waals surface area contributed by atoms with Crippen LogP contribution in [0.15, 0.2) is 24.3 Å². The van der Waals surface area contributed by atoms with Crippen LogP contribution in [0.1, 0.15) is 18.2 Å². The van der Waals surface area contributed by atoms with Gasteiger partial charge in [-0.05, 0) is 25.5 Å². The second-order valence-electron chi connectivity index (χ2n) is 5.65. The van der Waals surface area contributed by atoms with Crippen molar-refractivity contribution in [2.75, 3.05) is 19.6 Å². The number of carbonyl (C=O) groups is 1. The highest BCUT2D eigenvalue weighted by molar-refractivity contribution is 5.90. The van der Waals surface area contributed by atoms with Crippen LogP contribution in [0.3, 0.4) is 0 Å². The molecule has 4 heteroatoms. The van der Waals surface area contributed by atoms with Crippen molar-refractivity contribution >= 4 is 16.8 Å². The highest BCUT2D eigenvalue weighted by Crippen LogP contribution is 2.22. The maximum atomic E-state index is 12.5. The van der Waals surface area contributed by atoms with E-state index in [4.69, 9.17) is 0 Å². The predicted molar refractivity (Wildman–Crippen MR) is 80.8 cm³/mol. The van der Waals surface area contributed by atoms with Crippen molar-refractivity contribution in [2.24, 2.45) is 0 Å². The SMILES string of the molecule is Cc1[nH]c2ccccc2c1CC(=O)N1CCN[C@H](C)C1. The Labute approximate surface area is 119 Å². The summed E-state index contributed by atoms with van der Waals surface area (Å²) in [5.41, 5.74) is 3.35. The summed E-state index contributed by atoms with van der Waals surface area (Å²) in [7, 11) is 0. The van der Waals surface area contributed by atoms with E-state index >= 15 is 0 Å². The minimum absolute atomic E-state index is 0.228. The number of rotatable bonds is 2. The Morgan fingerprint density at radius 2 is 2.20 bits per heavy atom. The van der Waals surface area contributed by atoms with Gasteiger partial charge in [-0.15, -0.1) is 0 Å². The molecule has 0 saturated carbocycles. The number of carbonyl (C=O) groups excluding carboxylic acids is 1. The molecule has 20 heavy (non-hydrogen) atoms. The first-order chi connectivity index (χ1) is 9.65. The molecule has 2 N–H and O–H groups in total. The highest BCUT2D eigenvalue weighted by Gasteiger charge is 2.22. The zero-order valence-electron chi connectivity index (χ0n) is 12.1. The van der Waals surface area contributed by atoms with Gasteiger partial charge in [-0.2, -0.15) is 0 Å². The number of amides is 1. The number of aromatic nitrogens is 1. The highest BCUT2D eigenvalue weighted by atomic mass is 16.2. The van der Waals surface area contributed by atoms with Crippen molar-refractivity contribution in [3.8, 4) is 0 Å². The molecular weight excluding hydrogens is 250 g/mol. The third-order valence-electron chi connectivity index (χ3n) is 4.08. The number of aryl methyl sites for hydroxylation is 1. The molecular formula is C16H21N3O. The molecule has 1 aromatic heterocycles. The molecule has 2 aromatic rings. The molecule has 1 atom stereocenters. The molecule has 3 rings (SSSR count). The Hall–Kier alpha value is -1.81. The van der Waals surface area contributed by atoms with E-state index in [0.29, 0.717) is 12.5 Å². The zero-order valence-corrected chi connectivity index (χ0v) is 12.1. The molecule has 1 saturated heterocycles. The molecule has 1 aliphatic rings. The van der Waals surface area contributed by atoms with Gasteiger partial charge in [-0.1, -0.05) is 18.2 Å². The van der Waals surface area contributed by atoms with E-state index in [9.17, 15) is 4.79 Å². The second kappa shape index (κ2) is 5.29. The average Bonchev–Trinajstić information content (AvgIpc) is 2.75. The van der Waals surface area contributed by atoms with Gasteiger partial charge in [0, 0.05) is 42.3 Å². The van der Waals surface area contributed by atoms with Crippen molar-refractivity contribution < 1.29 is 4.79 Å². The molecule has 0 radical (unpaired) electrons. The average molecular weight is 271 g/mol. The van der Waals surface area contributed by atoms with Gasteiger partial charge in [0.05, 0.1) is 6.42 Å². The fourth-order valence-electron chi connectivity index (χ4n) is 2.98. The van der Waals surface area contributed by atoms with Crippen LogP contribution in [0.4, 0.5) is 0 Å². The number of nitrogens with one attached hydrogen (secondary N) is 2. The molecule has 0 aliphatic carbocycles. The van der Waals surface area contributed by atoms with Crippen LogP contribution in [-0.4, -0.2) is 41.5 Å². The number of hydrogen-bond donors (Lipinski definition) is 2. The summed E-state index contributed by atoms with van der Waals surface area (Å²) < 4.78 is 0. The molecule has 0 bridgehead atoms. The van der Waals surface area contributed by atoms with Crippen molar-refractivity contribution in [3.05, 3.63) is 35.5 Å². The topological polar surface area (TPSA) is 48.1 Å². The van der Waals surface area contributed by atoms with Crippen molar-refractivity contribution in [1.29, 1.82) is 0 Å². The lowest BCUT2D eigenvalue weighted by Crippen LogP contribution is -2.51. The minimum atomic E-state index is 0.228. The van der Waals surface area contributed by atoms with E-state index in [0.717, 1.165) is 36.4 Å². The first-order valence-corrected chi connectivity index (χ1v) is 7.22. The fraction of sp³-hybridized carbons (Fsp3) is 0.438. The maximum Gasteiger partial charge on any atom is 0.227 e. The lowest BCUT2D eigenvalue weighted by molar-refractivity contribution is -0.131. The molecule has 2 heterocycles. The fourth-order valence-corrected chi connectivity index (χ4v) is 2.98. The zero-order chi connectivity index (χ0) is 14.1. The number of hydrogen-bond acceptors (Lipinski definition) is 2. The largest absolute Gasteiger partial charge is 0.358 e. The summed E-state index contributed by atoms with van der Waals surface area (Å²) in [6, 6.07) is 8.57. The summed E-state index contributed by atoms with van der Waals surface area (Å²) in [6.07, 6.45) is 0.489. The Balaban J connectivity index is 1.82. The monoisotopic (exact) mass is 271 g/mol. The Morgan fingerprint density at radius 1 is 1.40 bits per heavy atom. The maximum absolute atomic E-state index is 12.5. The van der Waals surface area contributed by atoms with Crippen molar-refractivity contribution in [3.63, 3.8) is 0 Å². The molecule has 0 unspecified atom stereocenters. The van der Waals surface area contributed by atoms with E-state index in [2.05, 4.69) is 29.4 Å². The summed E-state index contributed by atoms with van der Waals surface area (Å²) >= 11 is 0. The van der Waals surface area contributed by atoms with Gasteiger partial charge >= 0.3 is 0 Å². The van der Waals surface area contributed by atoms with Gasteiger partial charge in [0.2, 0.25) is 5.91 Å². The summed E-state index contributed by atoms with van der Waals surface area (Å²) in [4.78, 5) is 17.8. The van der Waals surface area contributed by atoms with Crippen molar-refractivity contribution in [2.45, 2.75) is 26.3 Å². The van der Waals surface area contributed by atoms with E-state index < -0.39 is 0 Å². The summed E-state index contributed by atoms with van der Waals surface area (Å²) in [5, 5.41) is 4.53. The Morgan fingerprint density at radius 3 is 3.00 bits per heavy atom. The third kappa shape index (κ3) is 2.43. The van der Waals surface area contributed by atoms with Gasteiger partial charge in [0.1, 0.15) is 0 Å². The smallest absolute Gasteiger partial charge is 0.227 e. The van der Waals surface area contributed by atoms with Crippen LogP contribution < -0.4 is 5.32 Å². The number of fused-ring (bicyclic) bond motifs is 1. The number of para-hydroxylation sites is 1. The molecule has 4 nitrogen and oxygen atoms in total. The van der Waals surface area contributed by atoms with Crippen LogP contribution >= 0.6 is 0 Å². The molecule has 1 aliphatic heterocycles. The Bertz CT molecular complexity index is 632. The lowest BCUT2D eigenvalue weighted by atomic mass is 10.1. The van der Waals surface area contributed by atoms with Gasteiger partial charge in [0.15, 0.2) is 0 Å². The number of aromatic amines is 1. The van der Waals surface area contributed by atoms with Crippen LogP contribution in [0.2, 0.25) is 0 Å². The number of benzene rings is 1. The minimum Gasteiger partial charge on any atom is -0.358 e. The van der Waals surface area contributed by atoms with Gasteiger partial charge in [0.25, 0.3) is 0 Å². The van der Waals surface area contributed by atoms with E-state index in [1.54, 1.807) is 0 Å². The molecule has 1 aromatic carbocycles. The second-order valence-corrected chi connectivity index (χ2v) is 5.65. The normalized spacial score (nSPS) is 19.5. The first-order valence-electron chi connectivity index (χ1n) is 7.22. The van der Waals surface area contributed by atoms with Crippen LogP contribution in [0.5, 0.6) is 0 Å². The first kappa shape index (κ1) is 13.2. The molecule has 0 spiro atoms. The molecule has 1 amide bonds. The summed E-state index contributed by atoms with van der Waals surface area (Å²) in [5.74, 6) is 0.228. The van der Waals surface area contributed by atoms with Gasteiger partial charge < -0.3 is 15.2 Å². The molecule has 106 valence electrons. The third-order valence-corrected chi connectivity index (χ3v) is 4.08. The Kier molecular flexibility index (Phi) is 3.49. The van der Waals surface area contributed by atoms with Crippen LogP contribution in [0, 0.1) is 6.92 Å². The standard InChI is InChI=1S/C16H21N3O/c1-11-10-19(8-7-17-11)16(20)9-14-12(2)18-15-6-4-3-5-13(14)15/h3-6,11,17-18H,7-10H2,1-2H3/t11-/m1/s1. The number of nitrogens with zero attached hydrogens (tertiary/aromatic N) is 1. The van der Waals surface area contributed by atoms with Crippen LogP contribution in [0.25, 0.3) is 10.9 Å². The van der Waals surface area contributed by atoms with Gasteiger partial charge in [-0.25, -0.2) is 0 Å². The van der Waals surface area contributed by atoms with E-state index in [1.165, 1.54) is 5.39 Å². The molecule has 1 fully saturated rings. The number of piperazine rings is 1. The number of H-pyrrole nitrogens is 1. The van der Waals surface area contributed by atoms with E-state index in [1.807, 2.05) is 24.0 Å². The van der Waals surface area contributed by atoms with Crippen LogP contribution in [-0.2, 0) is 11.2 Å². The van der Waals surface area contributed by atoms with Gasteiger partial charge in [-0.3, -0.25) is 4.79 Å². The van der Waals surface area contributed by atoms with E-state index in [-0.39, 0.29) is 5.91 Å².